The van der Waals surface area contributed by atoms with Crippen molar-refractivity contribution < 1.29 is 31.5 Å². The predicted octanol–water partition coefficient (Wildman–Crippen LogP) is 4.57. The molecule has 0 atom stereocenters. The van der Waals surface area contributed by atoms with Crippen molar-refractivity contribution in [3.63, 3.8) is 0 Å². The molecule has 0 unspecified atom stereocenters. The van der Waals surface area contributed by atoms with Crippen LogP contribution in [0.1, 0.15) is 31.9 Å². The summed E-state index contributed by atoms with van der Waals surface area (Å²) in [5, 5.41) is 4.39. The van der Waals surface area contributed by atoms with Gasteiger partial charge in [-0.3, -0.25) is 14.6 Å². The summed E-state index contributed by atoms with van der Waals surface area (Å²) in [6.07, 6.45) is -4.89. The third-order valence-electron chi connectivity index (χ3n) is 4.82. The van der Waals surface area contributed by atoms with Crippen LogP contribution in [-0.2, 0) is 22.3 Å². The first kappa shape index (κ1) is 24.7. The van der Waals surface area contributed by atoms with Gasteiger partial charge >= 0.3 is 6.18 Å². The molecule has 0 saturated carbocycles. The van der Waals surface area contributed by atoms with E-state index in [0.29, 0.717) is 12.1 Å². The molecule has 1 aliphatic rings. The highest BCUT2D eigenvalue weighted by molar-refractivity contribution is 6.33. The molecule has 2 amide bonds. The maximum Gasteiger partial charge on any atom is 0.419 e. The molecule has 2 aromatic carbocycles. The lowest BCUT2D eigenvalue weighted by atomic mass is 9.95. The van der Waals surface area contributed by atoms with Crippen molar-refractivity contribution in [3.05, 3.63) is 58.1 Å². The Hall–Kier alpha value is -2.92. The summed E-state index contributed by atoms with van der Waals surface area (Å²) in [6, 6.07) is 4.73. The van der Waals surface area contributed by atoms with Crippen molar-refractivity contribution in [1.29, 1.82) is 0 Å². The van der Waals surface area contributed by atoms with Crippen LogP contribution in [0.4, 0.5) is 33.3 Å². The summed E-state index contributed by atoms with van der Waals surface area (Å²) in [7, 11) is 0. The molecule has 6 nitrogen and oxygen atoms in total. The molecular formula is C21H20ClF5N4O2. The number of anilines is 2. The average Bonchev–Trinajstić information content (AvgIpc) is 3.06. The number of carbonyl (C=O) groups is 2. The number of rotatable bonds is 4. The molecule has 0 aromatic heterocycles. The van der Waals surface area contributed by atoms with Crippen LogP contribution in [0.25, 0.3) is 0 Å². The standard InChI is InChI=1S/C21H20ClF5N4O2/c1-20(2,3)19(33)28-9-11-4-7-14(22)18(17(11)24)30-10-16(32)31(29-30)12-5-6-13(15(23)8-12)21(25,26)27/h4-8,29H,9-10H2,1-3H3,(H,28,33). The molecule has 1 aliphatic heterocycles. The zero-order chi connectivity index (χ0) is 24.7. The fraction of sp³-hybridized carbons (Fsp3) is 0.333. The summed E-state index contributed by atoms with van der Waals surface area (Å²) in [6.45, 7) is 4.53. The zero-order valence-corrected chi connectivity index (χ0v) is 18.5. The van der Waals surface area contributed by atoms with E-state index < -0.39 is 41.2 Å². The number of halogens is 6. The topological polar surface area (TPSA) is 64.7 Å². The largest absolute Gasteiger partial charge is 0.419 e. The van der Waals surface area contributed by atoms with Gasteiger partial charge < -0.3 is 5.32 Å². The molecule has 0 bridgehead atoms. The molecule has 2 N–H and O–H groups in total. The van der Waals surface area contributed by atoms with Crippen LogP contribution >= 0.6 is 11.6 Å². The third-order valence-corrected chi connectivity index (χ3v) is 5.12. The van der Waals surface area contributed by atoms with Gasteiger partial charge in [-0.1, -0.05) is 38.4 Å². The Morgan fingerprint density at radius 3 is 2.39 bits per heavy atom. The molecule has 1 fully saturated rings. The fourth-order valence-corrected chi connectivity index (χ4v) is 3.28. The average molecular weight is 491 g/mol. The second-order valence-corrected chi connectivity index (χ2v) is 8.79. The van der Waals surface area contributed by atoms with Gasteiger partial charge in [-0.2, -0.15) is 13.2 Å². The van der Waals surface area contributed by atoms with Crippen molar-refractivity contribution >= 4 is 34.8 Å². The van der Waals surface area contributed by atoms with E-state index in [1.54, 1.807) is 20.8 Å². The lowest BCUT2D eigenvalue weighted by Crippen LogP contribution is -2.41. The number of benzene rings is 2. The molecule has 2 aromatic rings. The molecule has 178 valence electrons. The molecule has 33 heavy (non-hydrogen) atoms. The smallest absolute Gasteiger partial charge is 0.351 e. The van der Waals surface area contributed by atoms with E-state index >= 15 is 4.39 Å². The highest BCUT2D eigenvalue weighted by Gasteiger charge is 2.36. The summed E-state index contributed by atoms with van der Waals surface area (Å²) in [4.78, 5) is 24.5. The number of hydrogen-bond donors (Lipinski definition) is 2. The summed E-state index contributed by atoms with van der Waals surface area (Å²) in [5.74, 6) is -3.36. The molecular weight excluding hydrogens is 471 g/mol. The minimum atomic E-state index is -4.89. The summed E-state index contributed by atoms with van der Waals surface area (Å²) < 4.78 is 67.5. The van der Waals surface area contributed by atoms with Gasteiger partial charge in [-0.25, -0.2) is 13.8 Å². The number of hydrazine groups is 2. The number of alkyl halides is 3. The van der Waals surface area contributed by atoms with Crippen LogP contribution in [0.3, 0.4) is 0 Å². The highest BCUT2D eigenvalue weighted by atomic mass is 35.5. The second kappa shape index (κ2) is 8.79. The Bertz CT molecular complexity index is 1100. The number of nitrogens with one attached hydrogen (secondary N) is 2. The Kier molecular flexibility index (Phi) is 6.58. The van der Waals surface area contributed by atoms with Gasteiger partial charge in [-0.15, -0.1) is 5.53 Å². The lowest BCUT2D eigenvalue weighted by Gasteiger charge is -2.23. The highest BCUT2D eigenvalue weighted by Crippen LogP contribution is 2.35. The molecule has 12 heteroatoms. The first-order chi connectivity index (χ1) is 15.2. The van der Waals surface area contributed by atoms with Crippen molar-refractivity contribution in [2.45, 2.75) is 33.5 Å². The van der Waals surface area contributed by atoms with Gasteiger partial charge in [0.05, 0.1) is 16.3 Å². The quantitative estimate of drug-likeness (QED) is 0.616. The Balaban J connectivity index is 1.85. The second-order valence-electron chi connectivity index (χ2n) is 8.38. The van der Waals surface area contributed by atoms with Gasteiger partial charge in [0.2, 0.25) is 5.91 Å². The zero-order valence-electron chi connectivity index (χ0n) is 17.8. The van der Waals surface area contributed by atoms with Gasteiger partial charge in [-0.05, 0) is 24.3 Å². The Morgan fingerprint density at radius 1 is 1.15 bits per heavy atom. The molecule has 0 spiro atoms. The molecule has 0 radical (unpaired) electrons. The SMILES string of the molecule is CC(C)(C)C(=O)NCc1ccc(Cl)c(N2CC(=O)N(c3ccc(C(F)(F)F)c(F)c3)N2)c1F. The van der Waals surface area contributed by atoms with E-state index in [4.69, 9.17) is 11.6 Å². The van der Waals surface area contributed by atoms with Crippen LogP contribution in [-0.4, -0.2) is 18.4 Å². The first-order valence-corrected chi connectivity index (χ1v) is 10.1. The lowest BCUT2D eigenvalue weighted by molar-refractivity contribution is -0.140. The van der Waals surface area contributed by atoms with E-state index in [1.807, 2.05) is 0 Å². The Labute approximate surface area is 191 Å². The van der Waals surface area contributed by atoms with E-state index in [9.17, 15) is 27.2 Å². The van der Waals surface area contributed by atoms with Gasteiger partial charge in [0.25, 0.3) is 5.91 Å². The Morgan fingerprint density at radius 2 is 1.82 bits per heavy atom. The number of nitrogens with zero attached hydrogens (tertiary/aromatic N) is 2. The van der Waals surface area contributed by atoms with Gasteiger partial charge in [0, 0.05) is 17.5 Å². The first-order valence-electron chi connectivity index (χ1n) is 9.69. The van der Waals surface area contributed by atoms with Crippen molar-refractivity contribution in [1.82, 2.24) is 10.9 Å². The van der Waals surface area contributed by atoms with E-state index in [-0.39, 0.29) is 34.4 Å². The van der Waals surface area contributed by atoms with E-state index in [1.165, 1.54) is 12.1 Å². The number of amides is 2. The van der Waals surface area contributed by atoms with Crippen LogP contribution in [0.2, 0.25) is 5.02 Å². The van der Waals surface area contributed by atoms with Crippen molar-refractivity contribution in [3.8, 4) is 0 Å². The number of carbonyl (C=O) groups excluding carboxylic acids is 2. The van der Waals surface area contributed by atoms with Gasteiger partial charge in [0.15, 0.2) is 5.82 Å². The van der Waals surface area contributed by atoms with E-state index in [0.717, 1.165) is 16.1 Å². The van der Waals surface area contributed by atoms with Crippen LogP contribution in [0, 0.1) is 17.0 Å². The number of hydrogen-bond acceptors (Lipinski definition) is 4. The normalized spacial score (nSPS) is 14.8. The van der Waals surface area contributed by atoms with Crippen molar-refractivity contribution in [2.24, 2.45) is 5.41 Å². The summed E-state index contributed by atoms with van der Waals surface area (Å²) >= 11 is 6.13. The molecule has 1 heterocycles. The van der Waals surface area contributed by atoms with E-state index in [2.05, 4.69) is 10.9 Å². The van der Waals surface area contributed by atoms with Crippen LogP contribution < -0.4 is 20.9 Å². The molecule has 1 saturated heterocycles. The maximum atomic E-state index is 15.2. The molecule has 0 aliphatic carbocycles. The van der Waals surface area contributed by atoms with Crippen molar-refractivity contribution in [2.75, 3.05) is 16.6 Å². The fourth-order valence-electron chi connectivity index (χ4n) is 3.03. The minimum Gasteiger partial charge on any atom is -0.351 e. The summed E-state index contributed by atoms with van der Waals surface area (Å²) in [5.41, 5.74) is 0.0291. The molecule has 3 rings (SSSR count). The van der Waals surface area contributed by atoms with Crippen LogP contribution in [0.15, 0.2) is 30.3 Å². The monoisotopic (exact) mass is 490 g/mol. The predicted molar refractivity (Wildman–Crippen MR) is 112 cm³/mol. The van der Waals surface area contributed by atoms with Gasteiger partial charge in [0.1, 0.15) is 18.0 Å². The maximum absolute atomic E-state index is 15.2. The minimum absolute atomic E-state index is 0.0563. The van der Waals surface area contributed by atoms with Crippen LogP contribution in [0.5, 0.6) is 0 Å². The third kappa shape index (κ3) is 5.19.